The molecule has 0 amide bonds. The highest BCUT2D eigenvalue weighted by Crippen LogP contribution is 2.44. The summed E-state index contributed by atoms with van der Waals surface area (Å²) in [5.41, 5.74) is 3.66. The van der Waals surface area contributed by atoms with Gasteiger partial charge in [0, 0.05) is 51.4 Å². The Bertz CT molecular complexity index is 1450. The number of nitrogens with one attached hydrogen (secondary N) is 1. The first kappa shape index (κ1) is 23.7. The lowest BCUT2D eigenvalue weighted by molar-refractivity contribution is -0.384. The lowest BCUT2D eigenvalue weighted by Crippen LogP contribution is -2.19. The van der Waals surface area contributed by atoms with E-state index in [0.717, 1.165) is 27.6 Å². The first-order chi connectivity index (χ1) is 17.4. The van der Waals surface area contributed by atoms with Crippen LogP contribution in [-0.4, -0.2) is 22.8 Å². The summed E-state index contributed by atoms with van der Waals surface area (Å²) >= 11 is 7.49. The predicted octanol–water partition coefficient (Wildman–Crippen LogP) is 6.58. The SMILES string of the molecule is COc1ccc([C@H]2C(C(=O)c3ccc(Cl)cc3)=CN[C@H]2c2nc(-c3ccc([N+](=O)[O-])cc3)cs2)cc1. The Labute approximate surface area is 216 Å². The molecule has 1 aromatic heterocycles. The normalized spacial score (nSPS) is 16.8. The maximum atomic E-state index is 13.5. The summed E-state index contributed by atoms with van der Waals surface area (Å²) in [5, 5.41) is 17.6. The quantitative estimate of drug-likeness (QED) is 0.169. The molecule has 1 aliphatic rings. The summed E-state index contributed by atoms with van der Waals surface area (Å²) in [5.74, 6) is 0.357. The lowest BCUT2D eigenvalue weighted by Gasteiger charge is -2.21. The van der Waals surface area contributed by atoms with E-state index < -0.39 is 4.92 Å². The maximum absolute atomic E-state index is 13.5. The average Bonchev–Trinajstić information content (AvgIpc) is 3.56. The second-order valence-corrected chi connectivity index (χ2v) is 9.53. The van der Waals surface area contributed by atoms with Crippen LogP contribution in [0, 0.1) is 10.1 Å². The summed E-state index contributed by atoms with van der Waals surface area (Å²) in [6, 6.07) is 20.6. The molecule has 2 atom stereocenters. The zero-order valence-electron chi connectivity index (χ0n) is 19.1. The fourth-order valence-electron chi connectivity index (χ4n) is 4.23. The average molecular weight is 518 g/mol. The van der Waals surface area contributed by atoms with Gasteiger partial charge in [-0.05, 0) is 54.1 Å². The second-order valence-electron chi connectivity index (χ2n) is 8.21. The number of nitrogens with zero attached hydrogens (tertiary/aromatic N) is 2. The molecule has 3 aromatic carbocycles. The molecule has 36 heavy (non-hydrogen) atoms. The number of benzene rings is 3. The summed E-state index contributed by atoms with van der Waals surface area (Å²) in [6.45, 7) is 0. The van der Waals surface area contributed by atoms with Crippen molar-refractivity contribution in [3.63, 3.8) is 0 Å². The Balaban J connectivity index is 1.49. The van der Waals surface area contributed by atoms with Crippen LogP contribution in [0.25, 0.3) is 11.3 Å². The predicted molar refractivity (Wildman–Crippen MR) is 140 cm³/mol. The molecule has 1 N–H and O–H groups in total. The number of halogens is 1. The smallest absolute Gasteiger partial charge is 0.269 e. The number of nitro groups is 1. The Morgan fingerprint density at radius 3 is 2.39 bits per heavy atom. The first-order valence-corrected chi connectivity index (χ1v) is 12.3. The van der Waals surface area contributed by atoms with Crippen molar-refractivity contribution in [3.05, 3.63) is 121 Å². The largest absolute Gasteiger partial charge is 0.497 e. The standard InChI is InChI=1S/C27H20ClN3O4S/c1-35-21-12-6-17(7-13-21)24-22(26(32)18-2-8-19(28)9-3-18)14-29-25(24)27-30-23(15-36-27)16-4-10-20(11-5-16)31(33)34/h2-15,24-25,29H,1H3/t24-,25+/m0/s1. The number of thiazole rings is 1. The third-order valence-electron chi connectivity index (χ3n) is 6.09. The van der Waals surface area contributed by atoms with E-state index in [9.17, 15) is 14.9 Å². The zero-order valence-corrected chi connectivity index (χ0v) is 20.6. The highest BCUT2D eigenvalue weighted by molar-refractivity contribution is 7.10. The Kier molecular flexibility index (Phi) is 6.54. The molecule has 2 heterocycles. The van der Waals surface area contributed by atoms with Crippen LogP contribution in [-0.2, 0) is 0 Å². The summed E-state index contributed by atoms with van der Waals surface area (Å²) in [6.07, 6.45) is 1.77. The van der Waals surface area contributed by atoms with Crippen LogP contribution >= 0.6 is 22.9 Å². The van der Waals surface area contributed by atoms with E-state index in [1.807, 2.05) is 29.6 Å². The molecule has 0 aliphatic carbocycles. The number of non-ortho nitro benzene ring substituents is 1. The van der Waals surface area contributed by atoms with Gasteiger partial charge in [-0.3, -0.25) is 14.9 Å². The lowest BCUT2D eigenvalue weighted by atomic mass is 9.84. The molecule has 0 radical (unpaired) electrons. The van der Waals surface area contributed by atoms with Gasteiger partial charge in [-0.15, -0.1) is 11.3 Å². The molecule has 0 unspecified atom stereocenters. The minimum absolute atomic E-state index is 0.0285. The summed E-state index contributed by atoms with van der Waals surface area (Å²) in [4.78, 5) is 28.9. The van der Waals surface area contributed by atoms with Crippen molar-refractivity contribution in [2.24, 2.45) is 0 Å². The van der Waals surface area contributed by atoms with E-state index in [2.05, 4.69) is 5.32 Å². The number of carbonyl (C=O) groups is 1. The van der Waals surface area contributed by atoms with Gasteiger partial charge >= 0.3 is 0 Å². The number of hydrogen-bond acceptors (Lipinski definition) is 7. The van der Waals surface area contributed by atoms with Crippen LogP contribution in [0.15, 0.2) is 89.9 Å². The highest BCUT2D eigenvalue weighted by Gasteiger charge is 2.37. The topological polar surface area (TPSA) is 94.4 Å². The van der Waals surface area contributed by atoms with E-state index in [1.54, 1.807) is 49.7 Å². The van der Waals surface area contributed by atoms with Crippen LogP contribution < -0.4 is 10.1 Å². The number of methoxy groups -OCH3 is 1. The van der Waals surface area contributed by atoms with Gasteiger partial charge in [-0.2, -0.15) is 0 Å². The van der Waals surface area contributed by atoms with Crippen LogP contribution in [0.4, 0.5) is 5.69 Å². The number of aromatic nitrogens is 1. The van der Waals surface area contributed by atoms with Gasteiger partial charge in [-0.1, -0.05) is 23.7 Å². The number of ketones is 1. The van der Waals surface area contributed by atoms with Gasteiger partial charge in [0.2, 0.25) is 0 Å². The summed E-state index contributed by atoms with van der Waals surface area (Å²) in [7, 11) is 1.61. The number of nitro benzene ring substituents is 1. The second kappa shape index (κ2) is 9.93. The van der Waals surface area contributed by atoms with Crippen LogP contribution in [0.1, 0.15) is 32.9 Å². The number of Topliss-reactive ketones (excluding diaryl/α,β-unsaturated/α-hetero) is 1. The highest BCUT2D eigenvalue weighted by atomic mass is 35.5. The van der Waals surface area contributed by atoms with Gasteiger partial charge in [0.25, 0.3) is 5.69 Å². The minimum atomic E-state index is -0.428. The third kappa shape index (κ3) is 4.60. The molecular weight excluding hydrogens is 498 g/mol. The molecule has 7 nitrogen and oxygen atoms in total. The molecule has 0 spiro atoms. The first-order valence-electron chi connectivity index (χ1n) is 11.0. The molecule has 180 valence electrons. The Hall–Kier alpha value is -4.01. The molecule has 0 saturated heterocycles. The van der Waals surface area contributed by atoms with Gasteiger partial charge in [-0.25, -0.2) is 4.98 Å². The van der Waals surface area contributed by atoms with Crippen molar-refractivity contribution < 1.29 is 14.5 Å². The van der Waals surface area contributed by atoms with Gasteiger partial charge < -0.3 is 10.1 Å². The number of carbonyl (C=O) groups excluding carboxylic acids is 1. The maximum Gasteiger partial charge on any atom is 0.269 e. The molecular formula is C27H20ClN3O4S. The minimum Gasteiger partial charge on any atom is -0.497 e. The van der Waals surface area contributed by atoms with Crippen molar-refractivity contribution >= 4 is 34.4 Å². The molecule has 9 heteroatoms. The molecule has 0 bridgehead atoms. The fourth-order valence-corrected chi connectivity index (χ4v) is 5.28. The Morgan fingerprint density at radius 2 is 1.75 bits per heavy atom. The van der Waals surface area contributed by atoms with E-state index in [1.165, 1.54) is 23.5 Å². The van der Waals surface area contributed by atoms with Gasteiger partial charge in [0.05, 0.1) is 23.8 Å². The number of rotatable bonds is 7. The van der Waals surface area contributed by atoms with Crippen molar-refractivity contribution in [2.45, 2.75) is 12.0 Å². The molecule has 5 rings (SSSR count). The van der Waals surface area contributed by atoms with Crippen molar-refractivity contribution in [1.82, 2.24) is 10.3 Å². The van der Waals surface area contributed by atoms with Crippen molar-refractivity contribution in [3.8, 4) is 17.0 Å². The van der Waals surface area contributed by atoms with Crippen LogP contribution in [0.5, 0.6) is 5.75 Å². The summed E-state index contributed by atoms with van der Waals surface area (Å²) < 4.78 is 5.31. The number of ether oxygens (including phenoxy) is 1. The van der Waals surface area contributed by atoms with E-state index in [-0.39, 0.29) is 23.4 Å². The third-order valence-corrected chi connectivity index (χ3v) is 7.27. The van der Waals surface area contributed by atoms with E-state index in [0.29, 0.717) is 16.2 Å². The van der Waals surface area contributed by atoms with Gasteiger partial charge in [0.15, 0.2) is 5.78 Å². The monoisotopic (exact) mass is 517 g/mol. The van der Waals surface area contributed by atoms with Crippen LogP contribution in [0.3, 0.4) is 0 Å². The zero-order chi connectivity index (χ0) is 25.2. The molecule has 0 saturated carbocycles. The van der Waals surface area contributed by atoms with Crippen molar-refractivity contribution in [2.75, 3.05) is 7.11 Å². The van der Waals surface area contributed by atoms with E-state index >= 15 is 0 Å². The Morgan fingerprint density at radius 1 is 1.06 bits per heavy atom. The molecule has 0 fully saturated rings. The fraction of sp³-hybridized carbons (Fsp3) is 0.111. The molecule has 4 aromatic rings. The van der Waals surface area contributed by atoms with Crippen LogP contribution in [0.2, 0.25) is 5.02 Å². The number of hydrogen-bond donors (Lipinski definition) is 1. The van der Waals surface area contributed by atoms with Gasteiger partial charge in [0.1, 0.15) is 10.8 Å². The van der Waals surface area contributed by atoms with E-state index in [4.69, 9.17) is 21.3 Å². The molecule has 1 aliphatic heterocycles. The van der Waals surface area contributed by atoms with Crippen molar-refractivity contribution in [1.29, 1.82) is 0 Å².